The zero-order valence-electron chi connectivity index (χ0n) is 8.66. The highest BCUT2D eigenvalue weighted by molar-refractivity contribution is 5.09. The van der Waals surface area contributed by atoms with Gasteiger partial charge in [0.1, 0.15) is 5.82 Å². The molecule has 3 heteroatoms. The van der Waals surface area contributed by atoms with Crippen LogP contribution in [-0.2, 0) is 6.54 Å². The summed E-state index contributed by atoms with van der Waals surface area (Å²) in [6, 6.07) is 2.06. The molecule has 0 amide bonds. The first kappa shape index (κ1) is 9.59. The summed E-state index contributed by atoms with van der Waals surface area (Å²) in [6.45, 7) is 0.764. The van der Waals surface area contributed by atoms with Crippen LogP contribution in [0.25, 0.3) is 0 Å². The summed E-state index contributed by atoms with van der Waals surface area (Å²) in [5, 5.41) is 3.08. The predicted molar refractivity (Wildman–Crippen MR) is 56.0 cm³/mol. The Hall–Kier alpha value is -0.960. The van der Waals surface area contributed by atoms with Crippen LogP contribution >= 0.6 is 0 Å². The number of hydrogen-bond donors (Lipinski definition) is 1. The van der Waals surface area contributed by atoms with Crippen molar-refractivity contribution >= 4 is 0 Å². The highest BCUT2D eigenvalue weighted by atomic mass is 14.9. The van der Waals surface area contributed by atoms with Gasteiger partial charge in [0, 0.05) is 17.8 Å². The molecule has 1 aliphatic carbocycles. The Balaban J connectivity index is 2.12. The van der Waals surface area contributed by atoms with E-state index in [9.17, 15) is 0 Å². The zero-order valence-corrected chi connectivity index (χ0v) is 8.66. The van der Waals surface area contributed by atoms with Gasteiger partial charge in [0.15, 0.2) is 0 Å². The lowest BCUT2D eigenvalue weighted by Gasteiger charge is -2.08. The minimum absolute atomic E-state index is 0.689. The van der Waals surface area contributed by atoms with Crippen molar-refractivity contribution in [3.05, 3.63) is 23.8 Å². The van der Waals surface area contributed by atoms with Gasteiger partial charge in [-0.1, -0.05) is 12.8 Å². The normalized spacial score (nSPS) is 17.5. The van der Waals surface area contributed by atoms with Gasteiger partial charge in [0.2, 0.25) is 0 Å². The largest absolute Gasteiger partial charge is 0.313 e. The third-order valence-corrected chi connectivity index (χ3v) is 2.84. The molecular weight excluding hydrogens is 174 g/mol. The van der Waals surface area contributed by atoms with Crippen molar-refractivity contribution in [1.82, 2.24) is 15.3 Å². The fourth-order valence-corrected chi connectivity index (χ4v) is 2.11. The van der Waals surface area contributed by atoms with E-state index in [1.807, 2.05) is 13.2 Å². The maximum atomic E-state index is 4.57. The SMILES string of the molecule is CNCc1nccc(C2CCCC2)n1. The van der Waals surface area contributed by atoms with E-state index in [4.69, 9.17) is 0 Å². The maximum Gasteiger partial charge on any atom is 0.142 e. The van der Waals surface area contributed by atoms with E-state index >= 15 is 0 Å². The lowest BCUT2D eigenvalue weighted by molar-refractivity contribution is 0.670. The first-order valence-corrected chi connectivity index (χ1v) is 5.36. The molecule has 1 aliphatic rings. The molecule has 76 valence electrons. The first-order chi connectivity index (χ1) is 6.90. The topological polar surface area (TPSA) is 37.8 Å². The molecule has 2 rings (SSSR count). The van der Waals surface area contributed by atoms with Crippen LogP contribution in [0, 0.1) is 0 Å². The summed E-state index contributed by atoms with van der Waals surface area (Å²) in [6.07, 6.45) is 7.20. The van der Waals surface area contributed by atoms with Crippen LogP contribution < -0.4 is 5.32 Å². The smallest absolute Gasteiger partial charge is 0.142 e. The van der Waals surface area contributed by atoms with Crippen molar-refractivity contribution in [2.24, 2.45) is 0 Å². The third kappa shape index (κ3) is 2.10. The molecule has 1 saturated carbocycles. The summed E-state index contributed by atoms with van der Waals surface area (Å²) in [4.78, 5) is 8.80. The van der Waals surface area contributed by atoms with E-state index in [-0.39, 0.29) is 0 Å². The van der Waals surface area contributed by atoms with E-state index < -0.39 is 0 Å². The molecule has 0 atom stereocenters. The summed E-state index contributed by atoms with van der Waals surface area (Å²) < 4.78 is 0. The van der Waals surface area contributed by atoms with Crippen LogP contribution in [0.5, 0.6) is 0 Å². The van der Waals surface area contributed by atoms with Crippen molar-refractivity contribution in [1.29, 1.82) is 0 Å². The molecule has 0 spiro atoms. The van der Waals surface area contributed by atoms with Crippen LogP contribution in [0.3, 0.4) is 0 Å². The van der Waals surface area contributed by atoms with Crippen LogP contribution in [0.1, 0.15) is 43.1 Å². The fraction of sp³-hybridized carbons (Fsp3) is 0.636. The van der Waals surface area contributed by atoms with Gasteiger partial charge in [-0.15, -0.1) is 0 Å². The molecule has 1 aromatic heterocycles. The molecule has 1 heterocycles. The number of hydrogen-bond acceptors (Lipinski definition) is 3. The van der Waals surface area contributed by atoms with Crippen LogP contribution in [0.4, 0.5) is 0 Å². The van der Waals surface area contributed by atoms with Gasteiger partial charge < -0.3 is 5.32 Å². The van der Waals surface area contributed by atoms with Gasteiger partial charge in [-0.05, 0) is 26.0 Å². The van der Waals surface area contributed by atoms with Gasteiger partial charge in [-0.2, -0.15) is 0 Å². The Morgan fingerprint density at radius 3 is 2.93 bits per heavy atom. The Morgan fingerprint density at radius 2 is 2.21 bits per heavy atom. The third-order valence-electron chi connectivity index (χ3n) is 2.84. The van der Waals surface area contributed by atoms with Crippen LogP contribution in [-0.4, -0.2) is 17.0 Å². The van der Waals surface area contributed by atoms with Gasteiger partial charge in [0.25, 0.3) is 0 Å². The highest BCUT2D eigenvalue weighted by Crippen LogP contribution is 2.32. The Morgan fingerprint density at radius 1 is 1.43 bits per heavy atom. The number of nitrogens with one attached hydrogen (secondary N) is 1. The molecule has 0 saturated heterocycles. The molecule has 0 unspecified atom stereocenters. The molecule has 3 nitrogen and oxygen atoms in total. The van der Waals surface area contributed by atoms with Crippen LogP contribution in [0.2, 0.25) is 0 Å². The molecule has 0 radical (unpaired) electrons. The monoisotopic (exact) mass is 191 g/mol. The van der Waals surface area contributed by atoms with Crippen molar-refractivity contribution in [2.75, 3.05) is 7.05 Å². The van der Waals surface area contributed by atoms with Crippen molar-refractivity contribution < 1.29 is 0 Å². The standard InChI is InChI=1S/C11H17N3/c1-12-8-11-13-7-6-10(14-11)9-4-2-3-5-9/h6-7,9,12H,2-5,8H2,1H3. The number of rotatable bonds is 3. The number of nitrogens with zero attached hydrogens (tertiary/aromatic N) is 2. The lowest BCUT2D eigenvalue weighted by atomic mass is 10.0. The Labute approximate surface area is 85.0 Å². The highest BCUT2D eigenvalue weighted by Gasteiger charge is 2.18. The van der Waals surface area contributed by atoms with E-state index in [1.54, 1.807) is 0 Å². The maximum absolute atomic E-state index is 4.57. The van der Waals surface area contributed by atoms with E-state index in [0.717, 1.165) is 12.4 Å². The van der Waals surface area contributed by atoms with E-state index in [2.05, 4.69) is 21.4 Å². The molecule has 1 N–H and O–H groups in total. The minimum atomic E-state index is 0.689. The molecule has 14 heavy (non-hydrogen) atoms. The summed E-state index contributed by atoms with van der Waals surface area (Å²) in [7, 11) is 1.92. The second-order valence-corrected chi connectivity index (χ2v) is 3.91. The lowest BCUT2D eigenvalue weighted by Crippen LogP contribution is -2.10. The van der Waals surface area contributed by atoms with Crippen molar-refractivity contribution in [3.63, 3.8) is 0 Å². The second-order valence-electron chi connectivity index (χ2n) is 3.91. The Bertz CT molecular complexity index is 292. The van der Waals surface area contributed by atoms with E-state index in [1.165, 1.54) is 31.4 Å². The first-order valence-electron chi connectivity index (χ1n) is 5.36. The zero-order chi connectivity index (χ0) is 9.80. The summed E-state index contributed by atoms with van der Waals surface area (Å²) in [5.74, 6) is 1.60. The second kappa shape index (κ2) is 4.51. The van der Waals surface area contributed by atoms with Crippen molar-refractivity contribution in [2.45, 2.75) is 38.1 Å². The molecule has 0 aliphatic heterocycles. The summed E-state index contributed by atoms with van der Waals surface area (Å²) >= 11 is 0. The van der Waals surface area contributed by atoms with E-state index in [0.29, 0.717) is 5.92 Å². The fourth-order valence-electron chi connectivity index (χ4n) is 2.11. The molecule has 1 fully saturated rings. The average Bonchev–Trinajstić information content (AvgIpc) is 2.71. The van der Waals surface area contributed by atoms with Gasteiger partial charge >= 0.3 is 0 Å². The predicted octanol–water partition coefficient (Wildman–Crippen LogP) is 1.85. The van der Waals surface area contributed by atoms with Gasteiger partial charge in [-0.3, -0.25) is 0 Å². The van der Waals surface area contributed by atoms with Gasteiger partial charge in [-0.25, -0.2) is 9.97 Å². The quantitative estimate of drug-likeness (QED) is 0.792. The Kier molecular flexibility index (Phi) is 3.09. The molecule has 0 bridgehead atoms. The van der Waals surface area contributed by atoms with Crippen LogP contribution in [0.15, 0.2) is 12.3 Å². The van der Waals surface area contributed by atoms with Gasteiger partial charge in [0.05, 0.1) is 6.54 Å². The minimum Gasteiger partial charge on any atom is -0.313 e. The van der Waals surface area contributed by atoms with Crippen molar-refractivity contribution in [3.8, 4) is 0 Å². The molecule has 1 aromatic rings. The summed E-state index contributed by atoms with van der Waals surface area (Å²) in [5.41, 5.74) is 1.24. The average molecular weight is 191 g/mol. The molecule has 0 aromatic carbocycles. The molecular formula is C11H17N3. The number of aromatic nitrogens is 2.